The molecule has 0 aliphatic rings. The van der Waals surface area contributed by atoms with Gasteiger partial charge in [-0.2, -0.15) is 0 Å². The van der Waals surface area contributed by atoms with E-state index < -0.39 is 10.0 Å². The predicted octanol–water partition coefficient (Wildman–Crippen LogP) is 1.46. The summed E-state index contributed by atoms with van der Waals surface area (Å²) < 4.78 is 31.0. The molecule has 0 aliphatic heterocycles. The standard InChI is InChI=1S/C14H24N2O3S/c1-15-10-6-7-11-20(17,18)16(2)12-13-8-4-5-9-14(13)19-3/h4-5,8-9,15H,6-7,10-12H2,1-3H3. The van der Waals surface area contributed by atoms with Gasteiger partial charge in [0, 0.05) is 19.2 Å². The molecule has 0 unspecified atom stereocenters. The minimum absolute atomic E-state index is 0.181. The van der Waals surface area contributed by atoms with Gasteiger partial charge in [-0.05, 0) is 32.5 Å². The zero-order valence-corrected chi connectivity index (χ0v) is 13.2. The van der Waals surface area contributed by atoms with Gasteiger partial charge in [0.05, 0.1) is 12.9 Å². The molecular weight excluding hydrogens is 276 g/mol. The lowest BCUT2D eigenvalue weighted by Gasteiger charge is -2.18. The van der Waals surface area contributed by atoms with Gasteiger partial charge in [-0.25, -0.2) is 12.7 Å². The normalized spacial score (nSPS) is 11.8. The number of hydrogen-bond acceptors (Lipinski definition) is 4. The Kier molecular flexibility index (Phi) is 6.98. The first-order chi connectivity index (χ1) is 9.51. The minimum atomic E-state index is -3.21. The molecule has 0 saturated heterocycles. The molecule has 5 nitrogen and oxygen atoms in total. The first-order valence-corrected chi connectivity index (χ1v) is 8.32. The van der Waals surface area contributed by atoms with Gasteiger partial charge in [-0.1, -0.05) is 18.2 Å². The first-order valence-electron chi connectivity index (χ1n) is 6.71. The molecule has 1 aromatic carbocycles. The van der Waals surface area contributed by atoms with E-state index in [9.17, 15) is 8.42 Å². The number of sulfonamides is 1. The molecule has 1 rings (SSSR count). The van der Waals surface area contributed by atoms with Gasteiger partial charge in [0.15, 0.2) is 0 Å². The van der Waals surface area contributed by atoms with Crippen molar-refractivity contribution in [2.45, 2.75) is 19.4 Å². The average Bonchev–Trinajstić information content (AvgIpc) is 2.44. The molecule has 1 N–H and O–H groups in total. The van der Waals surface area contributed by atoms with Gasteiger partial charge in [0.2, 0.25) is 10.0 Å². The number of unbranched alkanes of at least 4 members (excludes halogenated alkanes) is 1. The van der Waals surface area contributed by atoms with Crippen LogP contribution in [-0.2, 0) is 16.6 Å². The zero-order chi connectivity index (χ0) is 15.0. The topological polar surface area (TPSA) is 58.6 Å². The maximum absolute atomic E-state index is 12.2. The van der Waals surface area contributed by atoms with E-state index in [0.29, 0.717) is 18.7 Å². The van der Waals surface area contributed by atoms with Crippen LogP contribution in [0.25, 0.3) is 0 Å². The van der Waals surface area contributed by atoms with E-state index in [1.165, 1.54) is 4.31 Å². The number of ether oxygens (including phenoxy) is 1. The van der Waals surface area contributed by atoms with Gasteiger partial charge < -0.3 is 10.1 Å². The van der Waals surface area contributed by atoms with Crippen molar-refractivity contribution in [3.05, 3.63) is 29.8 Å². The fourth-order valence-electron chi connectivity index (χ4n) is 1.91. The Morgan fingerprint density at radius 1 is 1.25 bits per heavy atom. The number of hydrogen-bond donors (Lipinski definition) is 1. The molecule has 0 saturated carbocycles. The van der Waals surface area contributed by atoms with E-state index in [2.05, 4.69) is 5.32 Å². The second kappa shape index (κ2) is 8.24. The van der Waals surface area contributed by atoms with Crippen LogP contribution in [0.5, 0.6) is 5.75 Å². The summed E-state index contributed by atoms with van der Waals surface area (Å²) in [5.41, 5.74) is 0.872. The Morgan fingerprint density at radius 2 is 1.95 bits per heavy atom. The van der Waals surface area contributed by atoms with Crippen molar-refractivity contribution >= 4 is 10.0 Å². The smallest absolute Gasteiger partial charge is 0.214 e. The third-order valence-electron chi connectivity index (χ3n) is 3.14. The SMILES string of the molecule is CNCCCCS(=O)(=O)N(C)Cc1ccccc1OC. The van der Waals surface area contributed by atoms with E-state index in [0.717, 1.165) is 18.5 Å². The van der Waals surface area contributed by atoms with Gasteiger partial charge >= 0.3 is 0 Å². The highest BCUT2D eigenvalue weighted by Gasteiger charge is 2.18. The number of nitrogens with one attached hydrogen (secondary N) is 1. The molecule has 0 spiro atoms. The first kappa shape index (κ1) is 16.9. The highest BCUT2D eigenvalue weighted by Crippen LogP contribution is 2.20. The van der Waals surface area contributed by atoms with E-state index in [1.54, 1.807) is 14.2 Å². The molecule has 0 atom stereocenters. The lowest BCUT2D eigenvalue weighted by atomic mass is 10.2. The van der Waals surface area contributed by atoms with Gasteiger partial charge in [-0.15, -0.1) is 0 Å². The molecular formula is C14H24N2O3S. The van der Waals surface area contributed by atoms with Crippen LogP contribution in [0.15, 0.2) is 24.3 Å². The van der Waals surface area contributed by atoms with Gasteiger partial charge in [0.25, 0.3) is 0 Å². The maximum Gasteiger partial charge on any atom is 0.214 e. The van der Waals surface area contributed by atoms with Crippen molar-refractivity contribution in [3.8, 4) is 5.75 Å². The second-order valence-electron chi connectivity index (χ2n) is 4.69. The Labute approximate surface area is 122 Å². The van der Waals surface area contributed by atoms with E-state index in [-0.39, 0.29) is 5.75 Å². The molecule has 114 valence electrons. The summed E-state index contributed by atoms with van der Waals surface area (Å²) in [6.45, 7) is 1.17. The fraction of sp³-hybridized carbons (Fsp3) is 0.571. The van der Waals surface area contributed by atoms with Crippen LogP contribution in [0.3, 0.4) is 0 Å². The Bertz CT molecular complexity index is 503. The summed E-state index contributed by atoms with van der Waals surface area (Å²) in [5, 5.41) is 3.01. The molecule has 0 fully saturated rings. The van der Waals surface area contributed by atoms with E-state index in [1.807, 2.05) is 31.3 Å². The molecule has 6 heteroatoms. The summed E-state index contributed by atoms with van der Waals surface area (Å²) in [6.07, 6.45) is 1.53. The quantitative estimate of drug-likeness (QED) is 0.701. The molecule has 0 radical (unpaired) electrons. The number of rotatable bonds is 9. The summed E-state index contributed by atoms with van der Waals surface area (Å²) >= 11 is 0. The monoisotopic (exact) mass is 300 g/mol. The Hall–Kier alpha value is -1.11. The molecule has 20 heavy (non-hydrogen) atoms. The zero-order valence-electron chi connectivity index (χ0n) is 12.4. The Balaban J connectivity index is 2.62. The predicted molar refractivity (Wildman–Crippen MR) is 81.4 cm³/mol. The third kappa shape index (κ3) is 5.11. The van der Waals surface area contributed by atoms with E-state index >= 15 is 0 Å². The van der Waals surface area contributed by atoms with E-state index in [4.69, 9.17) is 4.74 Å². The maximum atomic E-state index is 12.2. The fourth-order valence-corrected chi connectivity index (χ4v) is 3.13. The van der Waals surface area contributed by atoms with Crippen LogP contribution in [0.1, 0.15) is 18.4 Å². The number of nitrogens with zero attached hydrogens (tertiary/aromatic N) is 1. The number of para-hydroxylation sites is 1. The van der Waals surface area contributed by atoms with Crippen molar-refractivity contribution in [1.29, 1.82) is 0 Å². The lowest BCUT2D eigenvalue weighted by molar-refractivity contribution is 0.398. The number of benzene rings is 1. The van der Waals surface area contributed by atoms with Crippen LogP contribution in [-0.4, -0.2) is 46.2 Å². The van der Waals surface area contributed by atoms with Crippen molar-refractivity contribution in [3.63, 3.8) is 0 Å². The molecule has 0 aliphatic carbocycles. The summed E-state index contributed by atoms with van der Waals surface area (Å²) in [7, 11) is 1.85. The average molecular weight is 300 g/mol. The van der Waals surface area contributed by atoms with Crippen LogP contribution in [0.4, 0.5) is 0 Å². The molecule has 0 bridgehead atoms. The van der Waals surface area contributed by atoms with Gasteiger partial charge in [-0.3, -0.25) is 0 Å². The number of methoxy groups -OCH3 is 1. The van der Waals surface area contributed by atoms with Crippen LogP contribution in [0, 0.1) is 0 Å². The highest BCUT2D eigenvalue weighted by molar-refractivity contribution is 7.89. The molecule has 0 heterocycles. The van der Waals surface area contributed by atoms with Gasteiger partial charge in [0.1, 0.15) is 5.75 Å². The minimum Gasteiger partial charge on any atom is -0.496 e. The molecule has 0 amide bonds. The van der Waals surface area contributed by atoms with Crippen molar-refractivity contribution in [2.24, 2.45) is 0 Å². The van der Waals surface area contributed by atoms with Crippen LogP contribution < -0.4 is 10.1 Å². The summed E-state index contributed by atoms with van der Waals surface area (Å²) in [4.78, 5) is 0. The third-order valence-corrected chi connectivity index (χ3v) is 5.02. The second-order valence-corrected chi connectivity index (χ2v) is 6.89. The van der Waals surface area contributed by atoms with Crippen molar-refractivity contribution < 1.29 is 13.2 Å². The van der Waals surface area contributed by atoms with Crippen LogP contribution >= 0.6 is 0 Å². The molecule has 1 aromatic rings. The van der Waals surface area contributed by atoms with Crippen LogP contribution in [0.2, 0.25) is 0 Å². The highest BCUT2D eigenvalue weighted by atomic mass is 32.2. The van der Waals surface area contributed by atoms with Crippen molar-refractivity contribution in [1.82, 2.24) is 9.62 Å². The summed E-state index contributed by atoms with van der Waals surface area (Å²) in [5.74, 6) is 0.894. The molecule has 0 aromatic heterocycles. The largest absolute Gasteiger partial charge is 0.496 e. The summed E-state index contributed by atoms with van der Waals surface area (Å²) in [6, 6.07) is 7.47. The Morgan fingerprint density at radius 3 is 2.60 bits per heavy atom. The van der Waals surface area contributed by atoms with Crippen molar-refractivity contribution in [2.75, 3.05) is 33.5 Å². The lowest BCUT2D eigenvalue weighted by Crippen LogP contribution is -2.29.